The molecule has 2 rings (SSSR count). The summed E-state index contributed by atoms with van der Waals surface area (Å²) in [5.41, 5.74) is 5.60. The van der Waals surface area contributed by atoms with Gasteiger partial charge in [0.2, 0.25) is 0 Å². The average molecular weight is 268 g/mol. The molecule has 0 saturated heterocycles. The molecule has 0 aromatic carbocycles. The lowest BCUT2D eigenvalue weighted by Crippen LogP contribution is -2.20. The van der Waals surface area contributed by atoms with Crippen molar-refractivity contribution < 1.29 is 0 Å². The van der Waals surface area contributed by atoms with E-state index in [2.05, 4.69) is 28.8 Å². The minimum Gasteiger partial charge on any atom is -0.375 e. The number of hydrogen-bond donors (Lipinski definition) is 1. The number of aryl methyl sites for hydroxylation is 1. The van der Waals surface area contributed by atoms with E-state index in [1.165, 1.54) is 14.8 Å². The van der Waals surface area contributed by atoms with Crippen molar-refractivity contribution in [3.63, 3.8) is 0 Å². The maximum atomic E-state index is 5.60. The Bertz CT molecular complexity index is 477. The monoisotopic (exact) mass is 268 g/mol. The molecule has 2 aromatic rings. The largest absolute Gasteiger partial charge is 0.375 e. The van der Waals surface area contributed by atoms with Crippen LogP contribution in [0.25, 0.3) is 0 Å². The summed E-state index contributed by atoms with van der Waals surface area (Å²) >= 11 is 3.33. The third-order valence-electron chi connectivity index (χ3n) is 2.37. The maximum absolute atomic E-state index is 5.60. The minimum atomic E-state index is 0.643. The van der Waals surface area contributed by atoms with Crippen molar-refractivity contribution in [3.05, 3.63) is 27.2 Å². The number of anilines is 1. The van der Waals surface area contributed by atoms with Crippen LogP contribution in [-0.4, -0.2) is 28.5 Å². The number of nitrogen functional groups attached to an aromatic ring is 1. The van der Waals surface area contributed by atoms with Crippen molar-refractivity contribution in [1.29, 1.82) is 0 Å². The van der Waals surface area contributed by atoms with Crippen LogP contribution in [0.3, 0.4) is 0 Å². The number of nitrogens with zero attached hydrogens (tertiary/aromatic N) is 3. The fourth-order valence-corrected chi connectivity index (χ4v) is 3.08. The van der Waals surface area contributed by atoms with Gasteiger partial charge in [-0.1, -0.05) is 0 Å². The van der Waals surface area contributed by atoms with Gasteiger partial charge in [0.15, 0.2) is 5.13 Å². The van der Waals surface area contributed by atoms with Crippen molar-refractivity contribution in [2.24, 2.45) is 0 Å². The van der Waals surface area contributed by atoms with Crippen LogP contribution in [-0.2, 0) is 13.0 Å². The SMILES string of the molecule is Cc1cnc(CCN(C)Cc2cnc(N)s2)s1. The highest BCUT2D eigenvalue weighted by Crippen LogP contribution is 2.16. The topological polar surface area (TPSA) is 55.0 Å². The van der Waals surface area contributed by atoms with Gasteiger partial charge in [-0.15, -0.1) is 22.7 Å². The summed E-state index contributed by atoms with van der Waals surface area (Å²) in [6, 6.07) is 0. The number of thiazole rings is 2. The summed E-state index contributed by atoms with van der Waals surface area (Å²) in [5.74, 6) is 0. The average Bonchev–Trinajstić information content (AvgIpc) is 2.85. The van der Waals surface area contributed by atoms with E-state index >= 15 is 0 Å². The first-order valence-electron chi connectivity index (χ1n) is 5.43. The minimum absolute atomic E-state index is 0.643. The summed E-state index contributed by atoms with van der Waals surface area (Å²) in [7, 11) is 2.11. The summed E-state index contributed by atoms with van der Waals surface area (Å²) in [4.78, 5) is 13.2. The molecular weight excluding hydrogens is 252 g/mol. The van der Waals surface area contributed by atoms with Gasteiger partial charge in [0.05, 0.1) is 5.01 Å². The molecule has 0 spiro atoms. The number of hydrogen-bond acceptors (Lipinski definition) is 6. The molecule has 0 atom stereocenters. The normalized spacial score (nSPS) is 11.2. The lowest BCUT2D eigenvalue weighted by Gasteiger charge is -2.13. The van der Waals surface area contributed by atoms with Gasteiger partial charge in [-0.3, -0.25) is 0 Å². The fourth-order valence-electron chi connectivity index (χ4n) is 1.54. The summed E-state index contributed by atoms with van der Waals surface area (Å²) in [6.45, 7) is 3.99. The predicted octanol–water partition coefficient (Wildman–Crippen LogP) is 2.16. The highest BCUT2D eigenvalue weighted by Gasteiger charge is 2.05. The van der Waals surface area contributed by atoms with Gasteiger partial charge in [-0.05, 0) is 14.0 Å². The number of aromatic nitrogens is 2. The Labute approximate surface area is 109 Å². The molecule has 6 heteroatoms. The Balaban J connectivity index is 1.79. The Kier molecular flexibility index (Phi) is 4.09. The molecule has 0 aliphatic heterocycles. The molecule has 0 fully saturated rings. The second-order valence-corrected chi connectivity index (χ2v) is 6.48. The molecular formula is C11H16N4S2. The van der Waals surface area contributed by atoms with Gasteiger partial charge >= 0.3 is 0 Å². The summed E-state index contributed by atoms with van der Waals surface area (Å²) < 4.78 is 0. The number of likely N-dealkylation sites (N-methyl/N-ethyl adjacent to an activating group) is 1. The molecule has 0 bridgehead atoms. The summed E-state index contributed by atoms with van der Waals surface area (Å²) in [5, 5.41) is 1.85. The van der Waals surface area contributed by atoms with Gasteiger partial charge in [0.25, 0.3) is 0 Å². The molecule has 0 amide bonds. The van der Waals surface area contributed by atoms with E-state index in [0.29, 0.717) is 5.13 Å². The second kappa shape index (κ2) is 5.57. The lowest BCUT2D eigenvalue weighted by molar-refractivity contribution is 0.334. The standard InChI is InChI=1S/C11H16N4S2/c1-8-5-13-10(16-8)3-4-15(2)7-9-6-14-11(12)17-9/h5-6H,3-4,7H2,1-2H3,(H2,12,14). The molecule has 0 radical (unpaired) electrons. The molecule has 2 heterocycles. The van der Waals surface area contributed by atoms with Gasteiger partial charge in [0.1, 0.15) is 0 Å². The van der Waals surface area contributed by atoms with Gasteiger partial charge in [-0.25, -0.2) is 9.97 Å². The van der Waals surface area contributed by atoms with Crippen molar-refractivity contribution in [3.8, 4) is 0 Å². The maximum Gasteiger partial charge on any atom is 0.180 e. The van der Waals surface area contributed by atoms with Crippen molar-refractivity contribution in [1.82, 2.24) is 14.9 Å². The van der Waals surface area contributed by atoms with Crippen molar-refractivity contribution in [2.45, 2.75) is 19.9 Å². The molecule has 0 aliphatic rings. The van der Waals surface area contributed by atoms with Crippen molar-refractivity contribution in [2.75, 3.05) is 19.3 Å². The zero-order chi connectivity index (χ0) is 12.3. The van der Waals surface area contributed by atoms with Crippen LogP contribution in [0.2, 0.25) is 0 Å². The third kappa shape index (κ3) is 3.76. The Hall–Kier alpha value is -0.980. The smallest absolute Gasteiger partial charge is 0.180 e. The number of nitrogens with two attached hydrogens (primary N) is 1. The zero-order valence-corrected chi connectivity index (χ0v) is 11.6. The summed E-state index contributed by atoms with van der Waals surface area (Å²) in [6.07, 6.45) is 4.79. The van der Waals surface area contributed by atoms with E-state index in [-0.39, 0.29) is 0 Å². The Morgan fingerprint density at radius 3 is 2.71 bits per heavy atom. The van der Waals surface area contributed by atoms with Crippen LogP contribution in [0.5, 0.6) is 0 Å². The van der Waals surface area contributed by atoms with Crippen LogP contribution in [0.1, 0.15) is 14.8 Å². The van der Waals surface area contributed by atoms with Gasteiger partial charge in [0, 0.05) is 41.7 Å². The van der Waals surface area contributed by atoms with E-state index in [0.717, 1.165) is 19.5 Å². The van der Waals surface area contributed by atoms with Crippen LogP contribution >= 0.6 is 22.7 Å². The first kappa shape index (κ1) is 12.5. The highest BCUT2D eigenvalue weighted by molar-refractivity contribution is 7.15. The molecule has 0 saturated carbocycles. The van der Waals surface area contributed by atoms with E-state index in [4.69, 9.17) is 5.73 Å². The van der Waals surface area contributed by atoms with E-state index in [9.17, 15) is 0 Å². The lowest BCUT2D eigenvalue weighted by atomic mass is 10.4. The first-order chi connectivity index (χ1) is 8.13. The molecule has 17 heavy (non-hydrogen) atoms. The van der Waals surface area contributed by atoms with E-state index in [1.807, 2.05) is 12.4 Å². The van der Waals surface area contributed by atoms with Crippen LogP contribution in [0, 0.1) is 6.92 Å². The molecule has 2 N–H and O–H groups in total. The molecule has 4 nitrogen and oxygen atoms in total. The van der Waals surface area contributed by atoms with Crippen molar-refractivity contribution >= 4 is 27.8 Å². The van der Waals surface area contributed by atoms with Gasteiger partial charge in [-0.2, -0.15) is 0 Å². The highest BCUT2D eigenvalue weighted by atomic mass is 32.1. The van der Waals surface area contributed by atoms with Crippen LogP contribution in [0.4, 0.5) is 5.13 Å². The number of rotatable bonds is 5. The Morgan fingerprint density at radius 1 is 1.29 bits per heavy atom. The van der Waals surface area contributed by atoms with Crippen LogP contribution in [0.15, 0.2) is 12.4 Å². The zero-order valence-electron chi connectivity index (χ0n) is 10.0. The third-order valence-corrected chi connectivity index (χ3v) is 4.16. The second-order valence-electron chi connectivity index (χ2n) is 4.02. The Morgan fingerprint density at radius 2 is 2.12 bits per heavy atom. The van der Waals surface area contributed by atoms with E-state index < -0.39 is 0 Å². The molecule has 92 valence electrons. The predicted molar refractivity (Wildman–Crippen MR) is 73.4 cm³/mol. The fraction of sp³-hybridized carbons (Fsp3) is 0.455. The first-order valence-corrected chi connectivity index (χ1v) is 7.07. The van der Waals surface area contributed by atoms with Gasteiger partial charge < -0.3 is 10.6 Å². The quantitative estimate of drug-likeness (QED) is 0.903. The molecule has 0 unspecified atom stereocenters. The molecule has 0 aliphatic carbocycles. The molecule has 2 aromatic heterocycles. The van der Waals surface area contributed by atoms with E-state index in [1.54, 1.807) is 22.7 Å². The van der Waals surface area contributed by atoms with Crippen LogP contribution < -0.4 is 5.73 Å².